The van der Waals surface area contributed by atoms with E-state index < -0.39 is 11.9 Å². The summed E-state index contributed by atoms with van der Waals surface area (Å²) in [7, 11) is 0. The van der Waals surface area contributed by atoms with Crippen LogP contribution in [0.3, 0.4) is 0 Å². The summed E-state index contributed by atoms with van der Waals surface area (Å²) in [6.07, 6.45) is 0.472. The lowest BCUT2D eigenvalue weighted by Crippen LogP contribution is -2.16. The molecule has 0 saturated heterocycles. The molecule has 0 aromatic heterocycles. The van der Waals surface area contributed by atoms with Crippen LogP contribution in [-0.2, 0) is 19.1 Å². The molecule has 0 aliphatic carbocycles. The summed E-state index contributed by atoms with van der Waals surface area (Å²) in [4.78, 5) is 21.9. The number of esters is 2. The zero-order valence-electron chi connectivity index (χ0n) is 9.04. The molecule has 0 aliphatic heterocycles. The highest BCUT2D eigenvalue weighted by Crippen LogP contribution is 1.96. The van der Waals surface area contributed by atoms with Gasteiger partial charge in [0.25, 0.3) is 0 Å². The zero-order chi connectivity index (χ0) is 11.0. The van der Waals surface area contributed by atoms with Crippen molar-refractivity contribution >= 4 is 11.9 Å². The lowest BCUT2D eigenvalue weighted by Gasteiger charge is -2.06. The van der Waals surface area contributed by atoms with Crippen molar-refractivity contribution in [3.63, 3.8) is 0 Å². The van der Waals surface area contributed by atoms with Crippen LogP contribution in [0.2, 0.25) is 0 Å². The Bertz CT molecular complexity index is 187. The molecule has 82 valence electrons. The first-order valence-corrected chi connectivity index (χ1v) is 4.87. The van der Waals surface area contributed by atoms with Crippen LogP contribution >= 0.6 is 0 Å². The molecule has 0 aliphatic rings. The monoisotopic (exact) mass is 202 g/mol. The van der Waals surface area contributed by atoms with E-state index in [0.29, 0.717) is 13.2 Å². The largest absolute Gasteiger partial charge is 0.465 e. The maximum atomic E-state index is 11.0. The summed E-state index contributed by atoms with van der Waals surface area (Å²) < 4.78 is 9.54. The third-order valence-electron chi connectivity index (χ3n) is 1.33. The zero-order valence-corrected chi connectivity index (χ0v) is 9.04. The van der Waals surface area contributed by atoms with Crippen molar-refractivity contribution < 1.29 is 19.1 Å². The highest BCUT2D eigenvalue weighted by Gasteiger charge is 2.11. The third kappa shape index (κ3) is 7.58. The second kappa shape index (κ2) is 7.35. The Balaban J connectivity index is 3.55. The first kappa shape index (κ1) is 12.9. The van der Waals surface area contributed by atoms with Crippen LogP contribution < -0.4 is 0 Å². The van der Waals surface area contributed by atoms with Gasteiger partial charge in [-0.05, 0) is 12.3 Å². The van der Waals surface area contributed by atoms with Crippen LogP contribution in [-0.4, -0.2) is 25.2 Å². The van der Waals surface area contributed by atoms with Crippen LogP contribution in [0.25, 0.3) is 0 Å². The molecule has 0 atom stereocenters. The molecule has 0 spiro atoms. The maximum Gasteiger partial charge on any atom is 0.317 e. The van der Waals surface area contributed by atoms with Crippen LogP contribution in [0.1, 0.15) is 33.6 Å². The Hall–Kier alpha value is -1.06. The Morgan fingerprint density at radius 2 is 1.71 bits per heavy atom. The molecule has 0 aromatic rings. The van der Waals surface area contributed by atoms with Gasteiger partial charge in [0.15, 0.2) is 0 Å². The van der Waals surface area contributed by atoms with Gasteiger partial charge in [-0.1, -0.05) is 20.8 Å². The minimum absolute atomic E-state index is 0.283. The van der Waals surface area contributed by atoms with Crippen molar-refractivity contribution in [3.05, 3.63) is 0 Å². The predicted octanol–water partition coefficient (Wildman–Crippen LogP) is 1.53. The number of ether oxygens (including phenoxy) is 2. The normalized spacial score (nSPS) is 10.0. The molecule has 4 nitrogen and oxygen atoms in total. The maximum absolute atomic E-state index is 11.0. The molecular weight excluding hydrogens is 184 g/mol. The smallest absolute Gasteiger partial charge is 0.317 e. The van der Waals surface area contributed by atoms with Gasteiger partial charge in [-0.2, -0.15) is 0 Å². The van der Waals surface area contributed by atoms with Gasteiger partial charge in [-0.3, -0.25) is 9.59 Å². The second-order valence-corrected chi connectivity index (χ2v) is 3.47. The van der Waals surface area contributed by atoms with Crippen LogP contribution in [0.5, 0.6) is 0 Å². The molecule has 0 rings (SSSR count). The standard InChI is InChI=1S/C10H18O4/c1-4-5-13-9(11)6-10(12)14-7-8(2)3/h8H,4-7H2,1-3H3. The summed E-state index contributed by atoms with van der Waals surface area (Å²) in [5, 5.41) is 0. The van der Waals surface area contributed by atoms with Crippen LogP contribution in [0, 0.1) is 5.92 Å². The Morgan fingerprint density at radius 1 is 1.14 bits per heavy atom. The Kier molecular flexibility index (Phi) is 6.80. The fraction of sp³-hybridized carbons (Fsp3) is 0.800. The Labute approximate surface area is 84.6 Å². The minimum Gasteiger partial charge on any atom is -0.465 e. The first-order chi connectivity index (χ1) is 6.56. The molecule has 0 heterocycles. The number of carbonyl (C=O) groups is 2. The lowest BCUT2D eigenvalue weighted by atomic mass is 10.2. The number of hydrogen-bond acceptors (Lipinski definition) is 4. The lowest BCUT2D eigenvalue weighted by molar-refractivity contribution is -0.155. The fourth-order valence-corrected chi connectivity index (χ4v) is 0.695. The molecule has 0 amide bonds. The van der Waals surface area contributed by atoms with E-state index in [-0.39, 0.29) is 12.3 Å². The van der Waals surface area contributed by atoms with Crippen molar-refractivity contribution in [1.82, 2.24) is 0 Å². The summed E-state index contributed by atoms with van der Waals surface area (Å²) in [5.41, 5.74) is 0. The molecule has 0 aromatic carbocycles. The number of hydrogen-bond donors (Lipinski definition) is 0. The van der Waals surface area contributed by atoms with Crippen molar-refractivity contribution in [3.8, 4) is 0 Å². The quantitative estimate of drug-likeness (QED) is 0.484. The van der Waals surface area contributed by atoms with Crippen LogP contribution in [0.4, 0.5) is 0 Å². The van der Waals surface area contributed by atoms with Gasteiger partial charge in [0, 0.05) is 0 Å². The van der Waals surface area contributed by atoms with Gasteiger partial charge >= 0.3 is 11.9 Å². The number of rotatable bonds is 6. The molecule has 0 fully saturated rings. The van der Waals surface area contributed by atoms with Crippen molar-refractivity contribution in [2.75, 3.05) is 13.2 Å². The molecule has 0 N–H and O–H groups in total. The Morgan fingerprint density at radius 3 is 2.21 bits per heavy atom. The van der Waals surface area contributed by atoms with Gasteiger partial charge in [0.05, 0.1) is 13.2 Å². The summed E-state index contributed by atoms with van der Waals surface area (Å²) in [6.45, 7) is 6.46. The van der Waals surface area contributed by atoms with E-state index in [1.807, 2.05) is 20.8 Å². The number of carbonyl (C=O) groups excluding carboxylic acids is 2. The minimum atomic E-state index is -0.514. The second-order valence-electron chi connectivity index (χ2n) is 3.47. The molecule has 0 unspecified atom stereocenters. The molecule has 0 saturated carbocycles. The van der Waals surface area contributed by atoms with Gasteiger partial charge in [-0.15, -0.1) is 0 Å². The van der Waals surface area contributed by atoms with Gasteiger partial charge < -0.3 is 9.47 Å². The summed E-state index contributed by atoms with van der Waals surface area (Å²) in [5.74, 6) is -0.744. The van der Waals surface area contributed by atoms with E-state index in [0.717, 1.165) is 6.42 Å². The van der Waals surface area contributed by atoms with E-state index in [9.17, 15) is 9.59 Å². The SMILES string of the molecule is CCCOC(=O)CC(=O)OCC(C)C. The van der Waals surface area contributed by atoms with Crippen molar-refractivity contribution in [2.45, 2.75) is 33.6 Å². The van der Waals surface area contributed by atoms with Gasteiger partial charge in [0.1, 0.15) is 6.42 Å². The van der Waals surface area contributed by atoms with E-state index in [1.54, 1.807) is 0 Å². The molecular formula is C10H18O4. The first-order valence-electron chi connectivity index (χ1n) is 4.87. The van der Waals surface area contributed by atoms with Crippen LogP contribution in [0.15, 0.2) is 0 Å². The third-order valence-corrected chi connectivity index (χ3v) is 1.33. The fourth-order valence-electron chi connectivity index (χ4n) is 0.695. The summed E-state index contributed by atoms with van der Waals surface area (Å²) in [6, 6.07) is 0. The van der Waals surface area contributed by atoms with E-state index in [2.05, 4.69) is 0 Å². The topological polar surface area (TPSA) is 52.6 Å². The van der Waals surface area contributed by atoms with E-state index in [4.69, 9.17) is 9.47 Å². The predicted molar refractivity (Wildman–Crippen MR) is 51.7 cm³/mol. The molecule has 0 bridgehead atoms. The van der Waals surface area contributed by atoms with E-state index in [1.165, 1.54) is 0 Å². The highest BCUT2D eigenvalue weighted by atomic mass is 16.6. The van der Waals surface area contributed by atoms with Crippen molar-refractivity contribution in [1.29, 1.82) is 0 Å². The highest BCUT2D eigenvalue weighted by molar-refractivity contribution is 5.91. The molecule has 14 heavy (non-hydrogen) atoms. The van der Waals surface area contributed by atoms with Gasteiger partial charge in [0.2, 0.25) is 0 Å². The van der Waals surface area contributed by atoms with Gasteiger partial charge in [-0.25, -0.2) is 0 Å². The molecule has 4 heteroatoms. The van der Waals surface area contributed by atoms with Crippen molar-refractivity contribution in [2.24, 2.45) is 5.92 Å². The average molecular weight is 202 g/mol. The van der Waals surface area contributed by atoms with E-state index >= 15 is 0 Å². The summed E-state index contributed by atoms with van der Waals surface area (Å²) >= 11 is 0. The average Bonchev–Trinajstić information content (AvgIpc) is 2.11. The molecule has 0 radical (unpaired) electrons.